The van der Waals surface area contributed by atoms with E-state index in [0.717, 1.165) is 11.1 Å². The van der Waals surface area contributed by atoms with Crippen LogP contribution in [-0.4, -0.2) is 33.2 Å². The highest BCUT2D eigenvalue weighted by Gasteiger charge is 2.15. The monoisotopic (exact) mass is 292 g/mol. The highest BCUT2D eigenvalue weighted by atomic mass is 32.2. The number of esters is 1. The van der Waals surface area contributed by atoms with Gasteiger partial charge in [0, 0.05) is 5.56 Å². The first-order chi connectivity index (χ1) is 9.63. The van der Waals surface area contributed by atoms with Crippen LogP contribution in [0.1, 0.15) is 12.5 Å². The Morgan fingerprint density at radius 2 is 2.15 bits per heavy atom. The molecule has 0 aliphatic rings. The normalized spacial score (nSPS) is 10.5. The molecule has 7 heteroatoms. The zero-order chi connectivity index (χ0) is 14.5. The number of aryl methyl sites for hydroxylation is 1. The highest BCUT2D eigenvalue weighted by molar-refractivity contribution is 7.99. The summed E-state index contributed by atoms with van der Waals surface area (Å²) in [7, 11) is 0. The second kappa shape index (κ2) is 6.42. The van der Waals surface area contributed by atoms with Gasteiger partial charge in [0.2, 0.25) is 5.16 Å². The molecule has 1 aromatic carbocycles. The molecule has 2 aromatic rings. The number of ether oxygens (including phenoxy) is 1. The lowest BCUT2D eigenvalue weighted by atomic mass is 10.1. The topological polar surface area (TPSA) is 83.0 Å². The Balaban J connectivity index is 2.15. The SMILES string of the molecule is CCOC(=O)CSc1nnc(-c2ccccc2C)n1N. The van der Waals surface area contributed by atoms with Crippen molar-refractivity contribution >= 4 is 17.7 Å². The number of rotatable bonds is 5. The van der Waals surface area contributed by atoms with E-state index in [-0.39, 0.29) is 11.7 Å². The van der Waals surface area contributed by atoms with Gasteiger partial charge in [-0.3, -0.25) is 4.79 Å². The molecule has 0 unspecified atom stereocenters. The average molecular weight is 292 g/mol. The lowest BCUT2D eigenvalue weighted by Gasteiger charge is -2.05. The smallest absolute Gasteiger partial charge is 0.316 e. The lowest BCUT2D eigenvalue weighted by Crippen LogP contribution is -2.13. The second-order valence-electron chi connectivity index (χ2n) is 4.08. The summed E-state index contributed by atoms with van der Waals surface area (Å²) in [6.07, 6.45) is 0. The average Bonchev–Trinajstić information content (AvgIpc) is 2.79. The molecule has 1 aromatic heterocycles. The molecular formula is C13H16N4O2S. The van der Waals surface area contributed by atoms with Crippen LogP contribution in [0, 0.1) is 6.92 Å². The maximum Gasteiger partial charge on any atom is 0.316 e. The minimum Gasteiger partial charge on any atom is -0.465 e. The molecule has 2 rings (SSSR count). The Morgan fingerprint density at radius 3 is 2.85 bits per heavy atom. The first-order valence-electron chi connectivity index (χ1n) is 6.18. The number of carbonyl (C=O) groups excluding carboxylic acids is 1. The highest BCUT2D eigenvalue weighted by Crippen LogP contribution is 2.23. The Morgan fingerprint density at radius 1 is 1.40 bits per heavy atom. The van der Waals surface area contributed by atoms with Gasteiger partial charge in [0.05, 0.1) is 12.4 Å². The van der Waals surface area contributed by atoms with Crippen molar-refractivity contribution in [3.63, 3.8) is 0 Å². The van der Waals surface area contributed by atoms with Crippen LogP contribution >= 0.6 is 11.8 Å². The van der Waals surface area contributed by atoms with Gasteiger partial charge in [0.1, 0.15) is 0 Å². The van der Waals surface area contributed by atoms with E-state index in [0.29, 0.717) is 17.6 Å². The van der Waals surface area contributed by atoms with Crippen molar-refractivity contribution in [3.05, 3.63) is 29.8 Å². The van der Waals surface area contributed by atoms with Crippen LogP contribution in [0.15, 0.2) is 29.4 Å². The number of nitrogen functional groups attached to an aromatic ring is 1. The molecule has 0 fully saturated rings. The van der Waals surface area contributed by atoms with Crippen molar-refractivity contribution in [2.24, 2.45) is 0 Å². The summed E-state index contributed by atoms with van der Waals surface area (Å²) >= 11 is 1.21. The molecule has 0 aliphatic carbocycles. The molecule has 20 heavy (non-hydrogen) atoms. The minimum atomic E-state index is -0.294. The number of aromatic nitrogens is 3. The number of hydrogen-bond donors (Lipinski definition) is 1. The van der Waals surface area contributed by atoms with Crippen molar-refractivity contribution in [3.8, 4) is 11.4 Å². The van der Waals surface area contributed by atoms with Crippen LogP contribution in [-0.2, 0) is 9.53 Å². The van der Waals surface area contributed by atoms with E-state index >= 15 is 0 Å². The van der Waals surface area contributed by atoms with Crippen molar-refractivity contribution in [1.82, 2.24) is 14.9 Å². The third-order valence-electron chi connectivity index (χ3n) is 2.67. The summed E-state index contributed by atoms with van der Waals surface area (Å²) in [6.45, 7) is 4.11. The number of nitrogens with two attached hydrogens (primary N) is 1. The first kappa shape index (κ1) is 14.4. The van der Waals surface area contributed by atoms with Gasteiger partial charge in [-0.2, -0.15) is 0 Å². The molecule has 6 nitrogen and oxygen atoms in total. The molecule has 0 radical (unpaired) electrons. The molecule has 0 saturated heterocycles. The van der Waals surface area contributed by atoms with E-state index in [9.17, 15) is 4.79 Å². The molecule has 106 valence electrons. The van der Waals surface area contributed by atoms with Gasteiger partial charge in [0.25, 0.3) is 0 Å². The maximum atomic E-state index is 11.3. The molecule has 0 bridgehead atoms. The van der Waals surface area contributed by atoms with Gasteiger partial charge < -0.3 is 10.6 Å². The molecule has 2 N–H and O–H groups in total. The summed E-state index contributed by atoms with van der Waals surface area (Å²) in [5.41, 5.74) is 1.99. The van der Waals surface area contributed by atoms with E-state index in [1.54, 1.807) is 6.92 Å². The molecule has 0 saturated carbocycles. The van der Waals surface area contributed by atoms with Crippen LogP contribution in [0.2, 0.25) is 0 Å². The predicted molar refractivity (Wildman–Crippen MR) is 77.7 cm³/mol. The van der Waals surface area contributed by atoms with E-state index in [1.807, 2.05) is 31.2 Å². The molecule has 0 atom stereocenters. The Kier molecular flexibility index (Phi) is 4.62. The quantitative estimate of drug-likeness (QED) is 0.512. The summed E-state index contributed by atoms with van der Waals surface area (Å²) < 4.78 is 6.25. The van der Waals surface area contributed by atoms with Gasteiger partial charge >= 0.3 is 5.97 Å². The largest absolute Gasteiger partial charge is 0.465 e. The molecule has 1 heterocycles. The third kappa shape index (κ3) is 3.11. The number of carbonyl (C=O) groups is 1. The first-order valence-corrected chi connectivity index (χ1v) is 7.17. The number of benzene rings is 1. The van der Waals surface area contributed by atoms with E-state index < -0.39 is 0 Å². The Hall–Kier alpha value is -2.02. The van der Waals surface area contributed by atoms with Crippen LogP contribution in [0.25, 0.3) is 11.4 Å². The maximum absolute atomic E-state index is 11.3. The summed E-state index contributed by atoms with van der Waals surface area (Å²) in [6, 6.07) is 7.78. The van der Waals surface area contributed by atoms with Crippen molar-refractivity contribution in [2.75, 3.05) is 18.2 Å². The van der Waals surface area contributed by atoms with Crippen molar-refractivity contribution < 1.29 is 9.53 Å². The Bertz CT molecular complexity index is 612. The third-order valence-corrected chi connectivity index (χ3v) is 3.59. The number of hydrogen-bond acceptors (Lipinski definition) is 6. The fourth-order valence-electron chi connectivity index (χ4n) is 1.71. The van der Waals surface area contributed by atoms with E-state index in [2.05, 4.69) is 10.2 Å². The minimum absolute atomic E-state index is 0.164. The van der Waals surface area contributed by atoms with Crippen LogP contribution < -0.4 is 5.84 Å². The van der Waals surface area contributed by atoms with Crippen molar-refractivity contribution in [1.29, 1.82) is 0 Å². The van der Waals surface area contributed by atoms with E-state index in [1.165, 1.54) is 16.4 Å². The van der Waals surface area contributed by atoms with Gasteiger partial charge in [-0.1, -0.05) is 36.0 Å². The summed E-state index contributed by atoms with van der Waals surface area (Å²) in [4.78, 5) is 11.3. The van der Waals surface area contributed by atoms with Gasteiger partial charge in [-0.05, 0) is 19.4 Å². The molecule has 0 aliphatic heterocycles. The summed E-state index contributed by atoms with van der Waals surface area (Å²) in [5, 5.41) is 8.58. The second-order valence-corrected chi connectivity index (χ2v) is 5.03. The number of nitrogens with zero attached hydrogens (tertiary/aromatic N) is 3. The van der Waals surface area contributed by atoms with Gasteiger partial charge in [0.15, 0.2) is 5.82 Å². The van der Waals surface area contributed by atoms with Crippen LogP contribution in [0.5, 0.6) is 0 Å². The zero-order valence-electron chi connectivity index (χ0n) is 11.4. The molecule has 0 amide bonds. The number of thioether (sulfide) groups is 1. The predicted octanol–water partition coefficient (Wildman–Crippen LogP) is 1.62. The molecule has 0 spiro atoms. The fraction of sp³-hybridized carbons (Fsp3) is 0.308. The fourth-order valence-corrected chi connectivity index (χ4v) is 2.36. The Labute approximate surface area is 121 Å². The van der Waals surface area contributed by atoms with Crippen LogP contribution in [0.4, 0.5) is 0 Å². The molecular weight excluding hydrogens is 276 g/mol. The van der Waals surface area contributed by atoms with Crippen molar-refractivity contribution in [2.45, 2.75) is 19.0 Å². The van der Waals surface area contributed by atoms with E-state index in [4.69, 9.17) is 10.6 Å². The lowest BCUT2D eigenvalue weighted by molar-refractivity contribution is -0.139. The van der Waals surface area contributed by atoms with Gasteiger partial charge in [-0.15, -0.1) is 10.2 Å². The standard InChI is InChI=1S/C13H16N4O2S/c1-3-19-11(18)8-20-13-16-15-12(17(13)14)10-7-5-4-6-9(10)2/h4-7H,3,8,14H2,1-2H3. The van der Waals surface area contributed by atoms with Crippen LogP contribution in [0.3, 0.4) is 0 Å². The van der Waals surface area contributed by atoms with Gasteiger partial charge in [-0.25, -0.2) is 4.68 Å². The summed E-state index contributed by atoms with van der Waals surface area (Å²) in [5.74, 6) is 6.43. The zero-order valence-corrected chi connectivity index (χ0v) is 12.2.